The van der Waals surface area contributed by atoms with E-state index in [9.17, 15) is 14.4 Å². The van der Waals surface area contributed by atoms with Crippen molar-refractivity contribution in [1.82, 2.24) is 5.32 Å². The van der Waals surface area contributed by atoms with Crippen molar-refractivity contribution >= 4 is 55.4 Å². The lowest BCUT2D eigenvalue weighted by Crippen LogP contribution is -2.63. The van der Waals surface area contributed by atoms with Crippen molar-refractivity contribution < 1.29 is 14.4 Å². The molecule has 1 aromatic carbocycles. The van der Waals surface area contributed by atoms with Gasteiger partial charge < -0.3 is 0 Å². The van der Waals surface area contributed by atoms with Crippen LogP contribution in [0.1, 0.15) is 0 Å². The minimum atomic E-state index is -1.61. The molecule has 88 valence electrons. The van der Waals surface area contributed by atoms with E-state index in [1.807, 2.05) is 0 Å². The first-order valence-electron chi connectivity index (χ1n) is 4.57. The molecule has 0 atom stereocenters. The standard InChI is InChI=1S/C10H6Br2N2O3/c11-10(12)7(15)13-9(17)14(8(10)16)6-4-2-1-3-5-6/h1-5H,(H,13,15,17). The number of barbiturate groups is 1. The van der Waals surface area contributed by atoms with Crippen molar-refractivity contribution in [2.45, 2.75) is 3.23 Å². The van der Waals surface area contributed by atoms with Gasteiger partial charge in [0.1, 0.15) is 0 Å². The highest BCUT2D eigenvalue weighted by Gasteiger charge is 2.51. The van der Waals surface area contributed by atoms with Crippen molar-refractivity contribution in [2.75, 3.05) is 4.90 Å². The molecule has 1 fully saturated rings. The van der Waals surface area contributed by atoms with Gasteiger partial charge in [0, 0.05) is 0 Å². The Bertz CT molecular complexity index is 502. The van der Waals surface area contributed by atoms with Crippen molar-refractivity contribution in [3.05, 3.63) is 30.3 Å². The van der Waals surface area contributed by atoms with Crippen LogP contribution in [0.2, 0.25) is 0 Å². The molecule has 0 spiro atoms. The maximum Gasteiger partial charge on any atom is 0.335 e. The predicted octanol–water partition coefficient (Wildman–Crippen LogP) is 1.76. The molecule has 0 saturated carbocycles. The number of alkyl halides is 2. The first-order chi connectivity index (χ1) is 7.94. The summed E-state index contributed by atoms with van der Waals surface area (Å²) in [5, 5.41) is 2.08. The van der Waals surface area contributed by atoms with Crippen LogP contribution in [0.4, 0.5) is 10.5 Å². The van der Waals surface area contributed by atoms with Gasteiger partial charge in [0.05, 0.1) is 5.69 Å². The van der Waals surface area contributed by atoms with Gasteiger partial charge >= 0.3 is 6.03 Å². The smallest absolute Gasteiger partial charge is 0.275 e. The fraction of sp³-hybridized carbons (Fsp3) is 0.100. The van der Waals surface area contributed by atoms with Gasteiger partial charge in [0.15, 0.2) is 0 Å². The van der Waals surface area contributed by atoms with Crippen LogP contribution in [0.15, 0.2) is 30.3 Å². The molecular formula is C10H6Br2N2O3. The Kier molecular flexibility index (Phi) is 3.05. The number of carbonyl (C=O) groups excluding carboxylic acids is 3. The molecule has 4 amide bonds. The van der Waals surface area contributed by atoms with E-state index < -0.39 is 21.1 Å². The number of amides is 4. The van der Waals surface area contributed by atoms with Gasteiger partial charge in [-0.15, -0.1) is 0 Å². The topological polar surface area (TPSA) is 66.5 Å². The zero-order valence-corrected chi connectivity index (χ0v) is 11.5. The van der Waals surface area contributed by atoms with Crippen molar-refractivity contribution in [1.29, 1.82) is 0 Å². The number of rotatable bonds is 1. The maximum atomic E-state index is 12.0. The summed E-state index contributed by atoms with van der Waals surface area (Å²) < 4.78 is -1.61. The highest BCUT2D eigenvalue weighted by atomic mass is 79.9. The Morgan fingerprint density at radius 1 is 1.06 bits per heavy atom. The molecule has 1 aromatic rings. The van der Waals surface area contributed by atoms with Gasteiger partial charge in [-0.1, -0.05) is 50.1 Å². The van der Waals surface area contributed by atoms with E-state index in [1.54, 1.807) is 30.3 Å². The third-order valence-corrected chi connectivity index (χ3v) is 3.59. The van der Waals surface area contributed by atoms with Crippen LogP contribution in [-0.4, -0.2) is 21.1 Å². The first-order valence-corrected chi connectivity index (χ1v) is 6.16. The van der Waals surface area contributed by atoms with Crippen molar-refractivity contribution in [2.24, 2.45) is 0 Å². The Balaban J connectivity index is 2.45. The van der Waals surface area contributed by atoms with E-state index in [0.29, 0.717) is 5.69 Å². The number of imide groups is 2. The molecule has 17 heavy (non-hydrogen) atoms. The van der Waals surface area contributed by atoms with Crippen molar-refractivity contribution in [3.63, 3.8) is 0 Å². The van der Waals surface area contributed by atoms with Gasteiger partial charge in [-0.05, 0) is 12.1 Å². The van der Waals surface area contributed by atoms with E-state index >= 15 is 0 Å². The molecular weight excluding hydrogens is 356 g/mol. The van der Waals surface area contributed by atoms with Crippen LogP contribution in [0.25, 0.3) is 0 Å². The molecule has 7 heteroatoms. The third kappa shape index (κ3) is 2.00. The summed E-state index contributed by atoms with van der Waals surface area (Å²) in [5.41, 5.74) is 0.394. The fourth-order valence-corrected chi connectivity index (χ4v) is 1.93. The highest BCUT2D eigenvalue weighted by molar-refractivity contribution is 9.26. The zero-order valence-electron chi connectivity index (χ0n) is 8.31. The lowest BCUT2D eigenvalue weighted by Gasteiger charge is -2.31. The lowest BCUT2D eigenvalue weighted by molar-refractivity contribution is -0.128. The second-order valence-electron chi connectivity index (χ2n) is 3.31. The quantitative estimate of drug-likeness (QED) is 0.612. The number of hydrogen-bond donors (Lipinski definition) is 1. The summed E-state index contributed by atoms with van der Waals surface area (Å²) in [5.74, 6) is -1.42. The Morgan fingerprint density at radius 2 is 1.65 bits per heavy atom. The maximum absolute atomic E-state index is 12.0. The molecule has 1 N–H and O–H groups in total. The zero-order chi connectivity index (χ0) is 12.6. The van der Waals surface area contributed by atoms with Gasteiger partial charge in [0.25, 0.3) is 11.8 Å². The average molecular weight is 362 g/mol. The van der Waals surface area contributed by atoms with Gasteiger partial charge in [0.2, 0.25) is 3.23 Å². The van der Waals surface area contributed by atoms with E-state index in [4.69, 9.17) is 0 Å². The van der Waals surface area contributed by atoms with E-state index in [-0.39, 0.29) is 0 Å². The van der Waals surface area contributed by atoms with Crippen LogP contribution in [-0.2, 0) is 9.59 Å². The monoisotopic (exact) mass is 360 g/mol. The highest BCUT2D eigenvalue weighted by Crippen LogP contribution is 2.33. The summed E-state index contributed by atoms with van der Waals surface area (Å²) in [4.78, 5) is 36.0. The number of hydrogen-bond acceptors (Lipinski definition) is 3. The molecule has 1 aliphatic heterocycles. The summed E-state index contributed by atoms with van der Waals surface area (Å²) >= 11 is 5.90. The number of nitrogens with one attached hydrogen (secondary N) is 1. The van der Waals surface area contributed by atoms with Crippen LogP contribution in [0.3, 0.4) is 0 Å². The number of halogens is 2. The van der Waals surface area contributed by atoms with E-state index in [1.165, 1.54) is 0 Å². The predicted molar refractivity (Wildman–Crippen MR) is 68.1 cm³/mol. The molecule has 0 aliphatic carbocycles. The summed E-state index contributed by atoms with van der Waals surface area (Å²) in [6, 6.07) is 7.58. The summed E-state index contributed by atoms with van der Waals surface area (Å²) in [7, 11) is 0. The summed E-state index contributed by atoms with van der Waals surface area (Å²) in [6.45, 7) is 0. The lowest BCUT2D eigenvalue weighted by atomic mass is 10.2. The van der Waals surface area contributed by atoms with Crippen LogP contribution < -0.4 is 10.2 Å². The Labute approximate surface area is 113 Å². The number of nitrogens with zero attached hydrogens (tertiary/aromatic N) is 1. The van der Waals surface area contributed by atoms with Gasteiger partial charge in [-0.3, -0.25) is 14.9 Å². The number of benzene rings is 1. The molecule has 2 rings (SSSR count). The second-order valence-corrected chi connectivity index (χ2v) is 6.75. The SMILES string of the molecule is O=C1NC(=O)C(Br)(Br)C(=O)N1c1ccccc1. The number of para-hydroxylation sites is 1. The molecule has 1 aliphatic rings. The largest absolute Gasteiger partial charge is 0.335 e. The number of anilines is 1. The number of carbonyl (C=O) groups is 3. The summed E-state index contributed by atoms with van der Waals surface area (Å²) in [6.07, 6.45) is 0. The number of urea groups is 1. The van der Waals surface area contributed by atoms with Gasteiger partial charge in [-0.2, -0.15) is 0 Å². The van der Waals surface area contributed by atoms with Gasteiger partial charge in [-0.25, -0.2) is 9.69 Å². The molecule has 0 unspecified atom stereocenters. The second kappa shape index (κ2) is 4.23. The van der Waals surface area contributed by atoms with E-state index in [0.717, 1.165) is 4.90 Å². The van der Waals surface area contributed by atoms with Crippen LogP contribution in [0.5, 0.6) is 0 Å². The minimum Gasteiger partial charge on any atom is -0.275 e. The normalized spacial score (nSPS) is 19.2. The first kappa shape index (κ1) is 12.3. The van der Waals surface area contributed by atoms with Crippen molar-refractivity contribution in [3.8, 4) is 0 Å². The molecule has 0 aromatic heterocycles. The third-order valence-electron chi connectivity index (χ3n) is 2.19. The minimum absolute atomic E-state index is 0.394. The molecule has 0 radical (unpaired) electrons. The fourth-order valence-electron chi connectivity index (χ4n) is 1.37. The molecule has 5 nitrogen and oxygen atoms in total. The van der Waals surface area contributed by atoms with Crippen LogP contribution >= 0.6 is 31.9 Å². The Morgan fingerprint density at radius 3 is 2.24 bits per heavy atom. The van der Waals surface area contributed by atoms with E-state index in [2.05, 4.69) is 37.2 Å². The van der Waals surface area contributed by atoms with Crippen LogP contribution in [0, 0.1) is 0 Å². The molecule has 1 saturated heterocycles. The molecule has 1 heterocycles. The Hall–Kier alpha value is -1.21. The molecule has 0 bridgehead atoms. The average Bonchev–Trinajstić information content (AvgIpc) is 2.28.